The average molecular weight is 390 g/mol. The highest BCUT2D eigenvalue weighted by molar-refractivity contribution is 6.07. The van der Waals surface area contributed by atoms with Gasteiger partial charge < -0.3 is 19.5 Å². The van der Waals surface area contributed by atoms with Crippen molar-refractivity contribution in [3.8, 4) is 22.8 Å². The number of amides is 1. The Morgan fingerprint density at radius 2 is 2.00 bits per heavy atom. The molecule has 3 heterocycles. The van der Waals surface area contributed by atoms with Crippen LogP contribution < -0.4 is 14.8 Å². The van der Waals surface area contributed by atoms with Crippen LogP contribution in [-0.2, 0) is 4.74 Å². The van der Waals surface area contributed by atoms with E-state index < -0.39 is 0 Å². The van der Waals surface area contributed by atoms with Crippen LogP contribution in [0.25, 0.3) is 22.2 Å². The van der Waals surface area contributed by atoms with Crippen molar-refractivity contribution in [2.45, 2.75) is 31.9 Å². The Hall–Kier alpha value is -3.12. The molecule has 2 aliphatic rings. The Labute approximate surface area is 168 Å². The number of ether oxygens (including phenoxy) is 3. The molecule has 29 heavy (non-hydrogen) atoms. The minimum atomic E-state index is -0.117. The van der Waals surface area contributed by atoms with Gasteiger partial charge in [-0.05, 0) is 50.1 Å². The number of para-hydroxylation sites is 1. The fourth-order valence-corrected chi connectivity index (χ4v) is 3.94. The Balaban J connectivity index is 1.53. The minimum absolute atomic E-state index is 0.0501. The maximum atomic E-state index is 13.2. The molecule has 2 aromatic carbocycles. The molecule has 0 bridgehead atoms. The topological polar surface area (TPSA) is 69.7 Å². The number of aromatic nitrogens is 1. The molecule has 6 nitrogen and oxygen atoms in total. The lowest BCUT2D eigenvalue weighted by Gasteiger charge is -2.20. The zero-order chi connectivity index (χ0) is 19.8. The zero-order valence-corrected chi connectivity index (χ0v) is 16.2. The number of hydrogen-bond donors (Lipinski definition) is 1. The lowest BCUT2D eigenvalue weighted by molar-refractivity contribution is 0.0713. The molecule has 1 fully saturated rings. The second-order valence-corrected chi connectivity index (χ2v) is 7.45. The first-order valence-corrected chi connectivity index (χ1v) is 9.91. The van der Waals surface area contributed by atoms with Crippen molar-refractivity contribution in [3.63, 3.8) is 0 Å². The van der Waals surface area contributed by atoms with Crippen LogP contribution >= 0.6 is 0 Å². The van der Waals surface area contributed by atoms with Gasteiger partial charge in [0, 0.05) is 17.6 Å². The van der Waals surface area contributed by atoms with Gasteiger partial charge in [0.25, 0.3) is 5.91 Å². The summed E-state index contributed by atoms with van der Waals surface area (Å²) < 4.78 is 16.6. The van der Waals surface area contributed by atoms with Crippen LogP contribution in [0.3, 0.4) is 0 Å². The summed E-state index contributed by atoms with van der Waals surface area (Å²) in [7, 11) is 0. The monoisotopic (exact) mass is 390 g/mol. The summed E-state index contributed by atoms with van der Waals surface area (Å²) in [5.74, 6) is 1.29. The van der Waals surface area contributed by atoms with Gasteiger partial charge >= 0.3 is 0 Å². The molecule has 3 aromatic rings. The van der Waals surface area contributed by atoms with Crippen molar-refractivity contribution in [1.29, 1.82) is 0 Å². The number of carbonyl (C=O) groups is 1. The molecule has 6 heteroatoms. The first-order chi connectivity index (χ1) is 14.2. The predicted octanol–water partition coefficient (Wildman–Crippen LogP) is 3.93. The van der Waals surface area contributed by atoms with Gasteiger partial charge in [0.2, 0.25) is 6.79 Å². The molecule has 0 aliphatic carbocycles. The number of nitrogens with one attached hydrogen (secondary N) is 1. The van der Waals surface area contributed by atoms with Crippen LogP contribution in [0, 0.1) is 0 Å². The molecule has 0 saturated carbocycles. The SMILES string of the molecule is C[C@H](NC(=O)c1cc(-c2ccc3c(c2)OCO3)nc2ccccc12)[C@H]1CCCO1. The fourth-order valence-electron chi connectivity index (χ4n) is 3.94. The quantitative estimate of drug-likeness (QED) is 0.731. The Morgan fingerprint density at radius 3 is 2.86 bits per heavy atom. The number of rotatable bonds is 4. The second kappa shape index (κ2) is 7.37. The molecule has 0 radical (unpaired) electrons. The summed E-state index contributed by atoms with van der Waals surface area (Å²) in [4.78, 5) is 17.9. The Bertz CT molecular complexity index is 1080. The number of carbonyl (C=O) groups excluding carboxylic acids is 1. The molecular weight excluding hydrogens is 368 g/mol. The van der Waals surface area contributed by atoms with E-state index in [1.165, 1.54) is 0 Å². The summed E-state index contributed by atoms with van der Waals surface area (Å²) in [6, 6.07) is 15.2. The van der Waals surface area contributed by atoms with Crippen molar-refractivity contribution < 1.29 is 19.0 Å². The predicted molar refractivity (Wildman–Crippen MR) is 109 cm³/mol. The number of benzene rings is 2. The van der Waals surface area contributed by atoms with E-state index in [0.717, 1.165) is 47.4 Å². The van der Waals surface area contributed by atoms with Gasteiger partial charge in [0.15, 0.2) is 11.5 Å². The van der Waals surface area contributed by atoms with Gasteiger partial charge in [-0.1, -0.05) is 18.2 Å². The van der Waals surface area contributed by atoms with Crippen molar-refractivity contribution in [2.24, 2.45) is 0 Å². The molecule has 5 rings (SSSR count). The average Bonchev–Trinajstić information content (AvgIpc) is 3.44. The van der Waals surface area contributed by atoms with E-state index in [2.05, 4.69) is 5.32 Å². The highest BCUT2D eigenvalue weighted by Crippen LogP contribution is 2.36. The van der Waals surface area contributed by atoms with E-state index >= 15 is 0 Å². The summed E-state index contributed by atoms with van der Waals surface area (Å²) in [6.45, 7) is 2.98. The van der Waals surface area contributed by atoms with Crippen LogP contribution in [0.15, 0.2) is 48.5 Å². The maximum absolute atomic E-state index is 13.2. The highest BCUT2D eigenvalue weighted by atomic mass is 16.7. The number of nitrogens with zero attached hydrogens (tertiary/aromatic N) is 1. The second-order valence-electron chi connectivity index (χ2n) is 7.45. The third-order valence-electron chi connectivity index (χ3n) is 5.51. The largest absolute Gasteiger partial charge is 0.454 e. The van der Waals surface area contributed by atoms with E-state index in [1.807, 2.05) is 55.5 Å². The summed E-state index contributed by atoms with van der Waals surface area (Å²) >= 11 is 0. The van der Waals surface area contributed by atoms with E-state index in [4.69, 9.17) is 19.2 Å². The van der Waals surface area contributed by atoms with Gasteiger partial charge in [-0.25, -0.2) is 4.98 Å². The van der Waals surface area contributed by atoms with Gasteiger partial charge in [-0.3, -0.25) is 4.79 Å². The first-order valence-electron chi connectivity index (χ1n) is 9.91. The standard InChI is InChI=1S/C23H22N2O4/c1-14(20-7-4-10-27-20)24-23(26)17-12-19(25-18-6-3-2-5-16(17)18)15-8-9-21-22(11-15)29-13-28-21/h2-3,5-6,8-9,11-12,14,20H,4,7,10,13H2,1H3,(H,24,26)/t14-,20+/m0/s1. The van der Waals surface area contributed by atoms with Crippen LogP contribution in [0.2, 0.25) is 0 Å². The van der Waals surface area contributed by atoms with Crippen molar-refractivity contribution in [1.82, 2.24) is 10.3 Å². The number of pyridine rings is 1. The molecule has 2 atom stereocenters. The summed E-state index contributed by atoms with van der Waals surface area (Å²) in [5, 5.41) is 3.94. The number of hydrogen-bond acceptors (Lipinski definition) is 5. The smallest absolute Gasteiger partial charge is 0.252 e. The lowest BCUT2D eigenvalue weighted by Crippen LogP contribution is -2.40. The van der Waals surface area contributed by atoms with Crippen LogP contribution in [0.1, 0.15) is 30.1 Å². The van der Waals surface area contributed by atoms with Gasteiger partial charge in [-0.15, -0.1) is 0 Å². The van der Waals surface area contributed by atoms with Gasteiger partial charge in [0.05, 0.1) is 28.9 Å². The third-order valence-corrected chi connectivity index (χ3v) is 5.51. The summed E-state index contributed by atoms with van der Waals surface area (Å²) in [6.07, 6.45) is 2.08. The molecular formula is C23H22N2O4. The molecule has 1 N–H and O–H groups in total. The van der Waals surface area contributed by atoms with Crippen LogP contribution in [0.5, 0.6) is 11.5 Å². The Kier molecular flexibility index (Phi) is 4.56. The highest BCUT2D eigenvalue weighted by Gasteiger charge is 2.25. The first kappa shape index (κ1) is 17.9. The van der Waals surface area contributed by atoms with E-state index in [9.17, 15) is 4.79 Å². The minimum Gasteiger partial charge on any atom is -0.454 e. The van der Waals surface area contributed by atoms with E-state index in [0.29, 0.717) is 11.3 Å². The third kappa shape index (κ3) is 3.40. The van der Waals surface area contributed by atoms with Gasteiger partial charge in [0.1, 0.15) is 0 Å². The zero-order valence-electron chi connectivity index (χ0n) is 16.2. The van der Waals surface area contributed by atoms with E-state index in [-0.39, 0.29) is 24.8 Å². The van der Waals surface area contributed by atoms with Crippen molar-refractivity contribution in [2.75, 3.05) is 13.4 Å². The molecule has 2 aliphatic heterocycles. The maximum Gasteiger partial charge on any atom is 0.252 e. The van der Waals surface area contributed by atoms with Crippen LogP contribution in [0.4, 0.5) is 0 Å². The van der Waals surface area contributed by atoms with Crippen molar-refractivity contribution in [3.05, 3.63) is 54.1 Å². The van der Waals surface area contributed by atoms with E-state index in [1.54, 1.807) is 0 Å². The Morgan fingerprint density at radius 1 is 1.14 bits per heavy atom. The number of fused-ring (bicyclic) bond motifs is 2. The molecule has 0 spiro atoms. The van der Waals surface area contributed by atoms with Crippen molar-refractivity contribution >= 4 is 16.8 Å². The molecule has 1 saturated heterocycles. The normalized spacial score (nSPS) is 18.7. The van der Waals surface area contributed by atoms with Crippen LogP contribution in [-0.4, -0.2) is 36.4 Å². The molecule has 0 unspecified atom stereocenters. The molecule has 148 valence electrons. The van der Waals surface area contributed by atoms with Gasteiger partial charge in [-0.2, -0.15) is 0 Å². The molecule has 1 aromatic heterocycles. The molecule has 1 amide bonds. The fraction of sp³-hybridized carbons (Fsp3) is 0.304. The summed E-state index contributed by atoms with van der Waals surface area (Å²) in [5.41, 5.74) is 2.98. The lowest BCUT2D eigenvalue weighted by atomic mass is 10.0.